The summed E-state index contributed by atoms with van der Waals surface area (Å²) in [6.07, 6.45) is 3.71. The summed E-state index contributed by atoms with van der Waals surface area (Å²) >= 11 is 0. The molecule has 3 aromatic rings. The second kappa shape index (κ2) is 5.10. The van der Waals surface area contributed by atoms with E-state index >= 15 is 0 Å². The highest BCUT2D eigenvalue weighted by molar-refractivity contribution is 5.90. The highest BCUT2D eigenvalue weighted by Gasteiger charge is 2.16. The molecule has 0 aliphatic carbocycles. The maximum absolute atomic E-state index is 6.30. The zero-order valence-corrected chi connectivity index (χ0v) is 11.8. The van der Waals surface area contributed by atoms with Crippen molar-refractivity contribution < 1.29 is 0 Å². The van der Waals surface area contributed by atoms with Gasteiger partial charge in [0.25, 0.3) is 0 Å². The first-order valence-corrected chi connectivity index (χ1v) is 6.94. The molecule has 0 bridgehead atoms. The third kappa shape index (κ3) is 2.10. The summed E-state index contributed by atoms with van der Waals surface area (Å²) in [7, 11) is 0. The quantitative estimate of drug-likeness (QED) is 0.785. The van der Waals surface area contributed by atoms with Crippen LogP contribution in [0.25, 0.3) is 16.5 Å². The van der Waals surface area contributed by atoms with Gasteiger partial charge in [-0.15, -0.1) is 0 Å². The normalized spacial score (nSPS) is 13.0. The van der Waals surface area contributed by atoms with Crippen LogP contribution in [-0.2, 0) is 0 Å². The van der Waals surface area contributed by atoms with Gasteiger partial charge in [0.1, 0.15) is 0 Å². The van der Waals surface area contributed by atoms with E-state index in [4.69, 9.17) is 5.73 Å². The van der Waals surface area contributed by atoms with E-state index in [0.717, 1.165) is 11.4 Å². The number of hydrogen-bond acceptors (Lipinski definition) is 2. The SMILES string of the molecule is CC(C)C(N)c1cncn1-c1cccc2ccccc12. The fourth-order valence-corrected chi connectivity index (χ4v) is 2.51. The van der Waals surface area contributed by atoms with Gasteiger partial charge in [-0.2, -0.15) is 0 Å². The molecule has 1 heterocycles. The maximum atomic E-state index is 6.30. The van der Waals surface area contributed by atoms with E-state index in [1.807, 2.05) is 12.5 Å². The largest absolute Gasteiger partial charge is 0.322 e. The van der Waals surface area contributed by atoms with E-state index < -0.39 is 0 Å². The molecule has 1 atom stereocenters. The minimum absolute atomic E-state index is 0.0172. The minimum Gasteiger partial charge on any atom is -0.322 e. The summed E-state index contributed by atoms with van der Waals surface area (Å²) in [5.74, 6) is 0.375. The fraction of sp³-hybridized carbons (Fsp3) is 0.235. The molecule has 0 aliphatic rings. The average molecular weight is 265 g/mol. The Hall–Kier alpha value is -2.13. The average Bonchev–Trinajstić information content (AvgIpc) is 2.94. The Bertz CT molecular complexity index is 722. The Balaban J connectivity index is 2.20. The Labute approximate surface area is 119 Å². The number of nitrogens with zero attached hydrogens (tertiary/aromatic N) is 2. The Kier molecular flexibility index (Phi) is 3.28. The Morgan fingerprint density at radius 1 is 1.05 bits per heavy atom. The monoisotopic (exact) mass is 265 g/mol. The molecule has 1 unspecified atom stereocenters. The molecule has 20 heavy (non-hydrogen) atoms. The van der Waals surface area contributed by atoms with Crippen molar-refractivity contribution in [3.05, 3.63) is 60.7 Å². The predicted molar refractivity (Wildman–Crippen MR) is 82.8 cm³/mol. The van der Waals surface area contributed by atoms with Crippen molar-refractivity contribution >= 4 is 10.8 Å². The lowest BCUT2D eigenvalue weighted by molar-refractivity contribution is 0.497. The Morgan fingerprint density at radius 3 is 2.60 bits per heavy atom. The number of rotatable bonds is 3. The molecule has 0 amide bonds. The third-order valence-electron chi connectivity index (χ3n) is 3.75. The van der Waals surface area contributed by atoms with Crippen LogP contribution < -0.4 is 5.73 Å². The van der Waals surface area contributed by atoms with Crippen LogP contribution in [0.4, 0.5) is 0 Å². The van der Waals surface area contributed by atoms with Crippen LogP contribution in [-0.4, -0.2) is 9.55 Å². The van der Waals surface area contributed by atoms with Crippen LogP contribution >= 0.6 is 0 Å². The van der Waals surface area contributed by atoms with Gasteiger partial charge in [-0.3, -0.25) is 0 Å². The van der Waals surface area contributed by atoms with E-state index in [2.05, 4.69) is 65.9 Å². The van der Waals surface area contributed by atoms with Crippen molar-refractivity contribution in [1.82, 2.24) is 9.55 Å². The second-order valence-electron chi connectivity index (χ2n) is 5.46. The van der Waals surface area contributed by atoms with Crippen molar-refractivity contribution in [2.75, 3.05) is 0 Å². The summed E-state index contributed by atoms with van der Waals surface area (Å²) < 4.78 is 2.10. The summed E-state index contributed by atoms with van der Waals surface area (Å²) in [4.78, 5) is 4.29. The van der Waals surface area contributed by atoms with Gasteiger partial charge in [0, 0.05) is 11.4 Å². The molecule has 3 nitrogen and oxygen atoms in total. The van der Waals surface area contributed by atoms with Gasteiger partial charge in [0.15, 0.2) is 0 Å². The molecule has 0 fully saturated rings. The summed E-state index contributed by atoms with van der Waals surface area (Å²) in [6.45, 7) is 4.26. The highest BCUT2D eigenvalue weighted by atomic mass is 15.1. The minimum atomic E-state index is -0.0172. The first-order valence-electron chi connectivity index (χ1n) is 6.94. The van der Waals surface area contributed by atoms with Crippen molar-refractivity contribution in [3.8, 4) is 5.69 Å². The first kappa shape index (κ1) is 12.9. The number of fused-ring (bicyclic) bond motifs is 1. The van der Waals surface area contributed by atoms with Gasteiger partial charge in [-0.1, -0.05) is 50.2 Å². The molecule has 2 aromatic carbocycles. The summed E-state index contributed by atoms with van der Waals surface area (Å²) in [5.41, 5.74) is 8.49. The van der Waals surface area contributed by atoms with E-state index in [1.54, 1.807) is 0 Å². The van der Waals surface area contributed by atoms with E-state index in [0.29, 0.717) is 5.92 Å². The molecular formula is C17H19N3. The lowest BCUT2D eigenvalue weighted by atomic mass is 10.0. The standard InChI is InChI=1S/C17H19N3/c1-12(2)17(18)16-10-19-11-20(16)15-9-5-7-13-6-3-4-8-14(13)15/h3-12,17H,18H2,1-2H3. The van der Waals surface area contributed by atoms with Crippen molar-refractivity contribution in [3.63, 3.8) is 0 Å². The zero-order valence-electron chi connectivity index (χ0n) is 11.8. The molecule has 0 spiro atoms. The lowest BCUT2D eigenvalue weighted by Gasteiger charge is -2.18. The smallest absolute Gasteiger partial charge is 0.0994 e. The molecule has 0 saturated carbocycles. The summed E-state index contributed by atoms with van der Waals surface area (Å²) in [5, 5.41) is 2.44. The van der Waals surface area contributed by atoms with Gasteiger partial charge in [-0.25, -0.2) is 4.98 Å². The zero-order chi connectivity index (χ0) is 14.1. The highest BCUT2D eigenvalue weighted by Crippen LogP contribution is 2.26. The van der Waals surface area contributed by atoms with E-state index in [9.17, 15) is 0 Å². The molecule has 3 rings (SSSR count). The molecule has 102 valence electrons. The van der Waals surface area contributed by atoms with Crippen LogP contribution in [0.3, 0.4) is 0 Å². The van der Waals surface area contributed by atoms with Gasteiger partial charge in [-0.05, 0) is 17.4 Å². The molecule has 0 saturated heterocycles. The van der Waals surface area contributed by atoms with Crippen LogP contribution in [0.5, 0.6) is 0 Å². The van der Waals surface area contributed by atoms with Crippen molar-refractivity contribution in [2.45, 2.75) is 19.9 Å². The van der Waals surface area contributed by atoms with Crippen LogP contribution in [0.15, 0.2) is 55.0 Å². The molecule has 0 radical (unpaired) electrons. The van der Waals surface area contributed by atoms with Crippen molar-refractivity contribution in [2.24, 2.45) is 11.7 Å². The number of benzene rings is 2. The predicted octanol–water partition coefficient (Wildman–Crippen LogP) is 3.68. The Morgan fingerprint density at radius 2 is 1.80 bits per heavy atom. The van der Waals surface area contributed by atoms with Gasteiger partial charge < -0.3 is 10.3 Å². The molecule has 3 heteroatoms. The van der Waals surface area contributed by atoms with Gasteiger partial charge in [0.05, 0.1) is 23.9 Å². The van der Waals surface area contributed by atoms with Crippen LogP contribution in [0.1, 0.15) is 25.6 Å². The second-order valence-corrected chi connectivity index (χ2v) is 5.46. The molecule has 0 aliphatic heterocycles. The molecule has 2 N–H and O–H groups in total. The third-order valence-corrected chi connectivity index (χ3v) is 3.75. The van der Waals surface area contributed by atoms with Gasteiger partial charge in [0.2, 0.25) is 0 Å². The van der Waals surface area contributed by atoms with Crippen LogP contribution in [0.2, 0.25) is 0 Å². The van der Waals surface area contributed by atoms with E-state index in [-0.39, 0.29) is 6.04 Å². The number of aromatic nitrogens is 2. The topological polar surface area (TPSA) is 43.8 Å². The first-order chi connectivity index (χ1) is 9.68. The fourth-order valence-electron chi connectivity index (χ4n) is 2.51. The number of hydrogen-bond donors (Lipinski definition) is 1. The van der Waals surface area contributed by atoms with Gasteiger partial charge >= 0.3 is 0 Å². The number of imidazole rings is 1. The number of nitrogens with two attached hydrogens (primary N) is 1. The maximum Gasteiger partial charge on any atom is 0.0994 e. The van der Waals surface area contributed by atoms with Crippen molar-refractivity contribution in [1.29, 1.82) is 0 Å². The van der Waals surface area contributed by atoms with Crippen LogP contribution in [0, 0.1) is 5.92 Å². The molecular weight excluding hydrogens is 246 g/mol. The summed E-state index contributed by atoms with van der Waals surface area (Å²) in [6, 6.07) is 14.7. The molecule has 1 aromatic heterocycles. The van der Waals surface area contributed by atoms with E-state index in [1.165, 1.54) is 10.8 Å². The lowest BCUT2D eigenvalue weighted by Crippen LogP contribution is -2.19.